The summed E-state index contributed by atoms with van der Waals surface area (Å²) in [4.78, 5) is 15.3. The topological polar surface area (TPSA) is 79.0 Å². The highest BCUT2D eigenvalue weighted by Crippen LogP contribution is 2.26. The first-order chi connectivity index (χ1) is 16.5. The van der Waals surface area contributed by atoms with E-state index in [2.05, 4.69) is 10.2 Å². The van der Waals surface area contributed by atoms with Gasteiger partial charge in [0.25, 0.3) is 10.0 Å². The average Bonchev–Trinajstić information content (AvgIpc) is 2.88. The molecule has 0 saturated carbocycles. The molecule has 3 aromatic rings. The number of methoxy groups -OCH3 is 1. The molecular weight excluding hydrogens is 450 g/mol. The Morgan fingerprint density at radius 3 is 2.18 bits per heavy atom. The fourth-order valence-electron chi connectivity index (χ4n) is 4.02. The summed E-state index contributed by atoms with van der Waals surface area (Å²) in [6.07, 6.45) is 3.65. The van der Waals surface area contributed by atoms with E-state index in [1.165, 1.54) is 38.5 Å². The van der Waals surface area contributed by atoms with Crippen LogP contribution in [0.3, 0.4) is 0 Å². The first kappa shape index (κ1) is 23.6. The number of nitrogens with zero attached hydrogens (tertiary/aromatic N) is 2. The summed E-state index contributed by atoms with van der Waals surface area (Å²) in [6, 6.07) is 22.4. The molecule has 1 heterocycles. The maximum Gasteiger partial charge on any atom is 0.264 e. The molecule has 0 atom stereocenters. The van der Waals surface area contributed by atoms with Crippen LogP contribution in [0.1, 0.15) is 19.3 Å². The zero-order valence-corrected chi connectivity index (χ0v) is 20.0. The third kappa shape index (κ3) is 5.51. The van der Waals surface area contributed by atoms with Crippen LogP contribution in [-0.4, -0.2) is 41.1 Å². The summed E-state index contributed by atoms with van der Waals surface area (Å²) < 4.78 is 33.1. The number of carbonyl (C=O) groups excluding carboxylic acids is 1. The summed E-state index contributed by atoms with van der Waals surface area (Å²) in [5.74, 6) is 0.127. The van der Waals surface area contributed by atoms with Crippen LogP contribution in [0.5, 0.6) is 5.75 Å². The van der Waals surface area contributed by atoms with Gasteiger partial charge in [-0.25, -0.2) is 8.42 Å². The van der Waals surface area contributed by atoms with Crippen LogP contribution in [0, 0.1) is 0 Å². The van der Waals surface area contributed by atoms with Gasteiger partial charge in [-0.3, -0.25) is 9.10 Å². The second-order valence-corrected chi connectivity index (χ2v) is 10.0. The Labute approximate surface area is 201 Å². The van der Waals surface area contributed by atoms with E-state index in [4.69, 9.17) is 4.74 Å². The Morgan fingerprint density at radius 2 is 1.56 bits per heavy atom. The molecule has 1 amide bonds. The van der Waals surface area contributed by atoms with Crippen molar-refractivity contribution in [2.45, 2.75) is 24.2 Å². The zero-order valence-electron chi connectivity index (χ0n) is 19.2. The second kappa shape index (κ2) is 10.6. The van der Waals surface area contributed by atoms with E-state index in [1.54, 1.807) is 42.5 Å². The van der Waals surface area contributed by atoms with Crippen molar-refractivity contribution in [2.24, 2.45) is 0 Å². The number of piperidine rings is 1. The van der Waals surface area contributed by atoms with E-state index >= 15 is 0 Å². The molecule has 7 nitrogen and oxygen atoms in total. The lowest BCUT2D eigenvalue weighted by atomic mass is 10.1. The minimum atomic E-state index is -3.98. The Hall–Kier alpha value is -3.52. The number of anilines is 3. The molecule has 1 aliphatic rings. The molecule has 0 radical (unpaired) electrons. The highest BCUT2D eigenvalue weighted by atomic mass is 32.2. The van der Waals surface area contributed by atoms with E-state index in [0.717, 1.165) is 23.1 Å². The Morgan fingerprint density at radius 1 is 0.912 bits per heavy atom. The lowest BCUT2D eigenvalue weighted by molar-refractivity contribution is -0.114. The molecule has 1 fully saturated rings. The number of benzene rings is 3. The predicted octanol–water partition coefficient (Wildman–Crippen LogP) is 4.52. The van der Waals surface area contributed by atoms with Gasteiger partial charge in [0.05, 0.1) is 17.7 Å². The van der Waals surface area contributed by atoms with Crippen molar-refractivity contribution in [3.8, 4) is 5.75 Å². The molecular formula is C26H29N3O4S. The number of sulfonamides is 1. The molecule has 8 heteroatoms. The number of nitrogens with one attached hydrogen (secondary N) is 1. The van der Waals surface area contributed by atoms with Crippen LogP contribution < -0.4 is 19.3 Å². The molecule has 0 bridgehead atoms. The van der Waals surface area contributed by atoms with Crippen molar-refractivity contribution in [2.75, 3.05) is 41.3 Å². The van der Waals surface area contributed by atoms with E-state index in [0.29, 0.717) is 17.1 Å². The van der Waals surface area contributed by atoms with E-state index < -0.39 is 15.9 Å². The lowest BCUT2D eigenvalue weighted by Crippen LogP contribution is -2.38. The van der Waals surface area contributed by atoms with Crippen molar-refractivity contribution < 1.29 is 17.9 Å². The van der Waals surface area contributed by atoms with Gasteiger partial charge in [-0.15, -0.1) is 0 Å². The molecule has 34 heavy (non-hydrogen) atoms. The lowest BCUT2D eigenvalue weighted by Gasteiger charge is -2.29. The summed E-state index contributed by atoms with van der Waals surface area (Å²) in [5, 5.41) is 2.83. The minimum absolute atomic E-state index is 0.0795. The highest BCUT2D eigenvalue weighted by Gasteiger charge is 2.27. The van der Waals surface area contributed by atoms with Crippen molar-refractivity contribution in [1.82, 2.24) is 0 Å². The highest BCUT2D eigenvalue weighted by molar-refractivity contribution is 7.92. The summed E-state index contributed by atoms with van der Waals surface area (Å²) in [6.45, 7) is 1.73. The summed E-state index contributed by atoms with van der Waals surface area (Å²) >= 11 is 0. The van der Waals surface area contributed by atoms with E-state index in [9.17, 15) is 13.2 Å². The van der Waals surface area contributed by atoms with E-state index in [-0.39, 0.29) is 11.4 Å². The van der Waals surface area contributed by atoms with Gasteiger partial charge in [-0.05, 0) is 79.9 Å². The first-order valence-corrected chi connectivity index (χ1v) is 12.8. The standard InChI is InChI=1S/C26H29N3O4S/c1-33-24-14-16-25(17-15-24)34(31,32)29(23-8-4-2-5-9-23)20-26(30)27-21-10-12-22(13-11-21)28-18-6-3-7-19-28/h2,4-5,8-17H,3,6-7,18-20H2,1H3,(H,27,30). The quantitative estimate of drug-likeness (QED) is 0.514. The van der Waals surface area contributed by atoms with Crippen LogP contribution in [0.4, 0.5) is 17.1 Å². The van der Waals surface area contributed by atoms with Gasteiger partial charge in [0.2, 0.25) is 5.91 Å². The molecule has 3 aromatic carbocycles. The van der Waals surface area contributed by atoms with Crippen LogP contribution >= 0.6 is 0 Å². The van der Waals surface area contributed by atoms with Crippen LogP contribution in [-0.2, 0) is 14.8 Å². The number of carbonyl (C=O) groups is 1. The Bertz CT molecular complexity index is 1190. The van der Waals surface area contributed by atoms with Gasteiger partial charge >= 0.3 is 0 Å². The Balaban J connectivity index is 1.51. The van der Waals surface area contributed by atoms with E-state index in [1.807, 2.05) is 24.3 Å². The maximum absolute atomic E-state index is 13.4. The third-order valence-corrected chi connectivity index (χ3v) is 7.64. The number of para-hydroxylation sites is 1. The van der Waals surface area contributed by atoms with Crippen LogP contribution in [0.25, 0.3) is 0 Å². The molecule has 1 N–H and O–H groups in total. The molecule has 1 aliphatic heterocycles. The second-order valence-electron chi connectivity index (χ2n) is 8.17. The SMILES string of the molecule is COc1ccc(S(=O)(=O)N(CC(=O)Nc2ccc(N3CCCCC3)cc2)c2ccccc2)cc1. The average molecular weight is 480 g/mol. The summed E-state index contributed by atoms with van der Waals surface area (Å²) in [7, 11) is -2.46. The van der Waals surface area contributed by atoms with Gasteiger partial charge in [0, 0.05) is 24.5 Å². The van der Waals surface area contributed by atoms with Gasteiger partial charge in [-0.1, -0.05) is 18.2 Å². The number of hydrogen-bond acceptors (Lipinski definition) is 5. The smallest absolute Gasteiger partial charge is 0.264 e. The minimum Gasteiger partial charge on any atom is -0.497 e. The van der Waals surface area contributed by atoms with Crippen LogP contribution in [0.15, 0.2) is 83.8 Å². The fraction of sp³-hybridized carbons (Fsp3) is 0.269. The van der Waals surface area contributed by atoms with Crippen molar-refractivity contribution >= 4 is 33.0 Å². The number of ether oxygens (including phenoxy) is 1. The number of hydrogen-bond donors (Lipinski definition) is 1. The van der Waals surface area contributed by atoms with Crippen molar-refractivity contribution in [3.63, 3.8) is 0 Å². The first-order valence-electron chi connectivity index (χ1n) is 11.3. The molecule has 1 saturated heterocycles. The molecule has 0 aliphatic carbocycles. The molecule has 0 aromatic heterocycles. The Kier molecular flexibility index (Phi) is 7.37. The van der Waals surface area contributed by atoms with Crippen molar-refractivity contribution in [1.29, 1.82) is 0 Å². The zero-order chi connectivity index (χ0) is 24.0. The third-order valence-electron chi connectivity index (χ3n) is 5.85. The molecule has 0 spiro atoms. The van der Waals surface area contributed by atoms with Gasteiger partial charge < -0.3 is 15.0 Å². The van der Waals surface area contributed by atoms with Gasteiger partial charge in [-0.2, -0.15) is 0 Å². The fourth-order valence-corrected chi connectivity index (χ4v) is 5.44. The van der Waals surface area contributed by atoms with Gasteiger partial charge in [0.15, 0.2) is 0 Å². The number of rotatable bonds is 8. The molecule has 0 unspecified atom stereocenters. The monoisotopic (exact) mass is 479 g/mol. The number of amides is 1. The van der Waals surface area contributed by atoms with Gasteiger partial charge in [0.1, 0.15) is 12.3 Å². The van der Waals surface area contributed by atoms with Crippen molar-refractivity contribution in [3.05, 3.63) is 78.9 Å². The maximum atomic E-state index is 13.4. The van der Waals surface area contributed by atoms with Crippen LogP contribution in [0.2, 0.25) is 0 Å². The molecule has 4 rings (SSSR count). The normalized spacial score (nSPS) is 13.9. The predicted molar refractivity (Wildman–Crippen MR) is 135 cm³/mol. The summed E-state index contributed by atoms with van der Waals surface area (Å²) in [5.41, 5.74) is 2.17. The molecule has 178 valence electrons. The largest absolute Gasteiger partial charge is 0.497 e.